The van der Waals surface area contributed by atoms with Crippen LogP contribution in [0, 0.1) is 22.7 Å². The number of alkyl halides is 12. The van der Waals surface area contributed by atoms with E-state index in [0.29, 0.717) is 54.1 Å². The molecule has 1 atom stereocenters. The summed E-state index contributed by atoms with van der Waals surface area (Å²) in [6.07, 6.45) is -19.2. The Kier molecular flexibility index (Phi) is 14.0. The molecule has 0 bridgehead atoms. The van der Waals surface area contributed by atoms with Gasteiger partial charge in [0.15, 0.2) is 5.75 Å². The maximum atomic E-state index is 13.3. The molecule has 0 saturated carbocycles. The minimum Gasteiger partial charge on any atom is -0.289 e. The summed E-state index contributed by atoms with van der Waals surface area (Å²) in [5, 5.41) is 17.2. The summed E-state index contributed by atoms with van der Waals surface area (Å²) in [4.78, 5) is 11.9. The molecule has 1 unspecified atom stereocenters. The molecule has 5 rings (SSSR count). The molecule has 0 spiro atoms. The number of nitrogens with zero attached hydrogens (tertiary/aromatic N) is 2. The van der Waals surface area contributed by atoms with Crippen LogP contribution in [-0.4, -0.2) is 29.7 Å². The zero-order chi connectivity index (χ0) is 44.7. The Morgan fingerprint density at radius 2 is 0.817 bits per heavy atom. The lowest BCUT2D eigenvalue weighted by atomic mass is 9.13. The van der Waals surface area contributed by atoms with Crippen molar-refractivity contribution in [1.29, 1.82) is 10.5 Å². The van der Waals surface area contributed by atoms with E-state index < -0.39 is 63.0 Å². The van der Waals surface area contributed by atoms with Crippen molar-refractivity contribution in [3.8, 4) is 12.1 Å². The van der Waals surface area contributed by atoms with Crippen molar-refractivity contribution in [1.82, 2.24) is 0 Å². The average molecular weight is 865 g/mol. The van der Waals surface area contributed by atoms with E-state index in [1.165, 1.54) is 12.3 Å². The molecule has 5 aromatic carbocycles. The molecule has 60 heavy (non-hydrogen) atoms. The van der Waals surface area contributed by atoms with Gasteiger partial charge in [-0.25, -0.2) is 0 Å². The number of rotatable bonds is 9. The molecule has 5 aromatic rings. The fourth-order valence-corrected chi connectivity index (χ4v) is 7.78. The molecular formula is C42H29BF12N2O2S. The molecule has 312 valence electrons. The molecule has 0 saturated heterocycles. The Balaban J connectivity index is 0.000000350. The monoisotopic (exact) mass is 864 g/mol. The second-order valence-corrected chi connectivity index (χ2v) is 16.5. The number of hydrogen-bond acceptors (Lipinski definition) is 4. The average Bonchev–Trinajstić information content (AvgIpc) is 3.18. The lowest BCUT2D eigenvalue weighted by molar-refractivity contribution is -0.138. The molecule has 0 radical (unpaired) electrons. The molecule has 0 aromatic heterocycles. The van der Waals surface area contributed by atoms with Crippen molar-refractivity contribution < 1.29 is 61.7 Å². The number of carbonyl (C=O) groups excluding carboxylic acids is 1. The van der Waals surface area contributed by atoms with Gasteiger partial charge in [0.05, 0.1) is 32.2 Å². The van der Waals surface area contributed by atoms with Gasteiger partial charge in [0.1, 0.15) is 35.9 Å². The summed E-state index contributed by atoms with van der Waals surface area (Å²) in [7, 11) is -2.42. The summed E-state index contributed by atoms with van der Waals surface area (Å²) in [6, 6.07) is 25.6. The van der Waals surface area contributed by atoms with Crippen LogP contribution in [0.15, 0.2) is 139 Å². The third kappa shape index (κ3) is 11.3. The quantitative estimate of drug-likeness (QED) is 0.0487. The number of ketones is 1. The minimum absolute atomic E-state index is 0.0114. The Morgan fingerprint density at radius 1 is 0.533 bits per heavy atom. The van der Waals surface area contributed by atoms with Gasteiger partial charge >= 0.3 is 24.7 Å². The van der Waals surface area contributed by atoms with Crippen LogP contribution in [0.4, 0.5) is 52.7 Å². The van der Waals surface area contributed by atoms with Gasteiger partial charge < -0.3 is 0 Å². The van der Waals surface area contributed by atoms with Gasteiger partial charge in [-0.1, -0.05) is 127 Å². The topological polar surface area (TPSA) is 81.7 Å². The highest BCUT2D eigenvalue weighted by Gasteiger charge is 2.38. The van der Waals surface area contributed by atoms with Crippen LogP contribution < -0.4 is 21.9 Å². The maximum Gasteiger partial charge on any atom is 0.416 e. The van der Waals surface area contributed by atoms with E-state index in [0.717, 1.165) is 48.5 Å². The van der Waals surface area contributed by atoms with E-state index in [1.54, 1.807) is 42.5 Å². The smallest absolute Gasteiger partial charge is 0.289 e. The zero-order valence-corrected chi connectivity index (χ0v) is 31.7. The van der Waals surface area contributed by atoms with Gasteiger partial charge in [0.25, 0.3) is 0 Å². The Labute approximate surface area is 336 Å². The van der Waals surface area contributed by atoms with E-state index in [2.05, 4.69) is 0 Å². The number of carbonyl (C=O) groups is 1. The van der Waals surface area contributed by atoms with Crippen LogP contribution in [0.3, 0.4) is 0 Å². The number of benzene rings is 5. The van der Waals surface area contributed by atoms with Crippen LogP contribution in [0.5, 0.6) is 0 Å². The Bertz CT molecular complexity index is 2180. The SMILES string of the molecule is C[S+](=O)(CC=C(C#N)C#N)CC(=O)c1ccccc1.FC(F)(F)c1ccc([B-](c2ccc(C(F)(F)F)cc2)(c2ccc(C(F)(F)F)cc2)c2ccc(C(F)(F)F)cc2)cc1. The summed E-state index contributed by atoms with van der Waals surface area (Å²) >= 11 is 0. The first-order valence-electron chi connectivity index (χ1n) is 17.2. The standard InChI is InChI=1S/C28H16BF12.C14H13N2O2S/c30-25(31,32)17-1-9-21(10-2-17)29(22-11-3-18(4-12-22)26(33,34)35,23-13-5-19(6-14-23)27(36,37)38)24-15-7-20(8-16-24)28(39,40)41;1-19(18,8-7-12(9-15)10-16)11-14(17)13-5-3-2-4-6-13/h1-16H;2-7H,8,11H2,1H3/q-1;+1. The number of allylic oxidation sites excluding steroid dienone is 1. The first-order chi connectivity index (χ1) is 27.8. The minimum atomic E-state index is -4.77. The predicted octanol–water partition coefficient (Wildman–Crippen LogP) is 9.11. The van der Waals surface area contributed by atoms with Crippen molar-refractivity contribution in [2.45, 2.75) is 24.7 Å². The number of Topliss-reactive ketones (excluding diaryl/α,β-unsaturated/α-hetero) is 1. The molecular weight excluding hydrogens is 835 g/mol. The van der Waals surface area contributed by atoms with Gasteiger partial charge in [-0.05, 0) is 6.08 Å². The molecule has 0 aliphatic heterocycles. The Hall–Kier alpha value is -6.14. The van der Waals surface area contributed by atoms with Crippen molar-refractivity contribution in [2.75, 3.05) is 17.8 Å². The highest BCUT2D eigenvalue weighted by atomic mass is 32.2. The van der Waals surface area contributed by atoms with Crippen LogP contribution >= 0.6 is 0 Å². The van der Waals surface area contributed by atoms with Crippen molar-refractivity contribution in [2.24, 2.45) is 0 Å². The summed E-state index contributed by atoms with van der Waals surface area (Å²) < 4.78 is 172. The highest BCUT2D eigenvalue weighted by Crippen LogP contribution is 2.32. The van der Waals surface area contributed by atoms with Gasteiger partial charge in [0, 0.05) is 5.56 Å². The predicted molar refractivity (Wildman–Crippen MR) is 204 cm³/mol. The zero-order valence-electron chi connectivity index (χ0n) is 30.8. The summed E-state index contributed by atoms with van der Waals surface area (Å²) in [6.45, 7) is 0. The van der Waals surface area contributed by atoms with Crippen molar-refractivity contribution >= 4 is 43.7 Å². The third-order valence-electron chi connectivity index (χ3n) is 9.37. The maximum absolute atomic E-state index is 13.3. The van der Waals surface area contributed by atoms with Gasteiger partial charge in [-0.2, -0.15) is 85.1 Å². The van der Waals surface area contributed by atoms with Crippen LogP contribution in [0.1, 0.15) is 32.6 Å². The van der Waals surface area contributed by atoms with E-state index in [9.17, 15) is 61.7 Å². The normalized spacial score (nSPS) is 13.1. The number of halogens is 12. The third-order valence-corrected chi connectivity index (χ3v) is 11.1. The molecule has 0 aliphatic rings. The Morgan fingerprint density at radius 3 is 1.07 bits per heavy atom. The van der Waals surface area contributed by atoms with Crippen molar-refractivity contribution in [3.63, 3.8) is 0 Å². The first kappa shape index (κ1) is 46.6. The van der Waals surface area contributed by atoms with Gasteiger partial charge in [-0.3, -0.25) is 4.79 Å². The molecule has 18 heteroatoms. The van der Waals surface area contributed by atoms with Gasteiger partial charge in [-0.15, -0.1) is 4.21 Å². The molecule has 0 aliphatic carbocycles. The van der Waals surface area contributed by atoms with E-state index in [1.807, 2.05) is 0 Å². The van der Waals surface area contributed by atoms with Gasteiger partial charge in [0.2, 0.25) is 5.78 Å². The summed E-state index contributed by atoms with van der Waals surface area (Å²) in [5.74, 6) is -0.225. The van der Waals surface area contributed by atoms with E-state index in [4.69, 9.17) is 10.5 Å². The van der Waals surface area contributed by atoms with E-state index in [-0.39, 0.29) is 44.7 Å². The number of nitriles is 2. The highest BCUT2D eigenvalue weighted by molar-refractivity contribution is 8.03. The molecule has 0 fully saturated rings. The van der Waals surface area contributed by atoms with Crippen LogP contribution in [-0.2, 0) is 38.8 Å². The molecule has 0 N–H and O–H groups in total. The fourth-order valence-electron chi connectivity index (χ4n) is 6.42. The second kappa shape index (κ2) is 18.0. The summed E-state index contributed by atoms with van der Waals surface area (Å²) in [5.41, 5.74) is -3.86. The van der Waals surface area contributed by atoms with Crippen molar-refractivity contribution in [3.05, 3.63) is 167 Å². The molecule has 0 heterocycles. The van der Waals surface area contributed by atoms with E-state index >= 15 is 0 Å². The first-order valence-corrected chi connectivity index (χ1v) is 19.5. The molecule has 4 nitrogen and oxygen atoms in total. The largest absolute Gasteiger partial charge is 0.416 e. The second-order valence-electron chi connectivity index (χ2n) is 13.5. The van der Waals surface area contributed by atoms with Crippen LogP contribution in [0.25, 0.3) is 0 Å². The van der Waals surface area contributed by atoms with Crippen LogP contribution in [0.2, 0.25) is 0 Å². The number of hydrogen-bond donors (Lipinski definition) is 0. The lowest BCUT2D eigenvalue weighted by Gasteiger charge is -2.44. The lowest BCUT2D eigenvalue weighted by Crippen LogP contribution is -2.74. The fraction of sp³-hybridized carbons (Fsp3) is 0.167. The molecule has 0 amide bonds.